The van der Waals surface area contributed by atoms with Crippen LogP contribution < -0.4 is 41.8 Å². The quantitative estimate of drug-likeness (QED) is 0.0389. The minimum Gasteiger partial charge on any atom is -0.376 e. The molecule has 5 aromatic carbocycles. The van der Waals surface area contributed by atoms with Crippen molar-refractivity contribution in [2.45, 2.75) is 87.2 Å². The fourth-order valence-electron chi connectivity index (χ4n) is 8.06. The van der Waals surface area contributed by atoms with E-state index in [1.807, 2.05) is 0 Å². The van der Waals surface area contributed by atoms with Gasteiger partial charge in [0.25, 0.3) is 0 Å². The third-order valence-electron chi connectivity index (χ3n) is 13.0. The van der Waals surface area contributed by atoms with Gasteiger partial charge in [-0.25, -0.2) is 0 Å². The van der Waals surface area contributed by atoms with E-state index in [9.17, 15) is 216 Å². The third-order valence-corrected chi connectivity index (χ3v) is 22.6. The smallest absolute Gasteiger partial charge is 0.376 e. The lowest BCUT2D eigenvalue weighted by molar-refractivity contribution is -0.0506. The summed E-state index contributed by atoms with van der Waals surface area (Å²) in [5, 5.41) is 0. The summed E-state index contributed by atoms with van der Waals surface area (Å²) in [5.74, 6) is -27.8. The molecule has 0 heterocycles. The van der Waals surface area contributed by atoms with E-state index in [2.05, 4.69) is 41.8 Å². The zero-order chi connectivity index (χ0) is 89.2. The van der Waals surface area contributed by atoms with Crippen molar-refractivity contribution in [1.82, 2.24) is 0 Å². The molecule has 10 bridgehead atoms. The highest BCUT2D eigenvalue weighted by Gasteiger charge is 2.57. The molecular weight excluding hydrogens is 1910 g/mol. The highest BCUT2D eigenvalue weighted by molar-refractivity contribution is 7.90. The van der Waals surface area contributed by atoms with Crippen LogP contribution in [0.4, 0.5) is 132 Å². The SMILES string of the molecule is O=S(=O)(Oc1cc2c(OS(=O)(=O)C(F)(F)F)cc1Cc1cc(OS(=O)(=O)C(F)(F)F)c(cc1OS(=O)(=O)C(F)(F)F)Cc1cc(OS(=O)(=O)C(F)(F)F)c(cc1OS(=O)(=O)C(F)(F)F)Cc1cc(OS(=O)(=O)C(F)(F)F)c(cc1OS(=O)(=O)C(F)(F)F)Cc1cc(OS(=O)(=O)C(F)(F)F)c(cc1OS(=O)(=O)C(F)(F)F)C2)C(F)(F)F. The molecule has 0 N–H and O–H groups in total. The summed E-state index contributed by atoms with van der Waals surface area (Å²) in [4.78, 5) is 0. The summed E-state index contributed by atoms with van der Waals surface area (Å²) in [6, 6.07) is -9.73. The average Bonchev–Trinajstić information content (AvgIpc) is 1.08. The predicted molar refractivity (Wildman–Crippen MR) is 302 cm³/mol. The van der Waals surface area contributed by atoms with E-state index in [0.717, 1.165) is 0 Å². The molecule has 115 heavy (non-hydrogen) atoms. The molecule has 650 valence electrons. The molecule has 5 aromatic rings. The minimum atomic E-state index is -7.90. The van der Waals surface area contributed by atoms with E-state index in [4.69, 9.17) is 0 Å². The second-order valence-corrected chi connectivity index (χ2v) is 36.4. The Morgan fingerprint density at radius 3 is 0.261 bits per heavy atom. The molecule has 0 atom stereocenters. The Morgan fingerprint density at radius 1 is 0.148 bits per heavy atom. The van der Waals surface area contributed by atoms with Crippen LogP contribution in [0.3, 0.4) is 0 Å². The van der Waals surface area contributed by atoms with Gasteiger partial charge in [0.05, 0.1) is 0 Å². The van der Waals surface area contributed by atoms with Crippen molar-refractivity contribution in [3.05, 3.63) is 116 Å². The lowest BCUT2D eigenvalue weighted by Gasteiger charge is -2.22. The monoisotopic (exact) mass is 1930 g/mol. The number of hydrogen-bond donors (Lipinski definition) is 0. The van der Waals surface area contributed by atoms with Gasteiger partial charge in [-0.05, 0) is 60.7 Å². The molecule has 0 fully saturated rings. The Balaban J connectivity index is 2.16. The van der Waals surface area contributed by atoms with Crippen LogP contribution in [0.15, 0.2) is 60.7 Å². The predicted octanol–water partition coefficient (Wildman–Crippen LogP) is 10.2. The zero-order valence-electron chi connectivity index (χ0n) is 52.0. The van der Waals surface area contributed by atoms with E-state index in [1.165, 1.54) is 0 Å². The van der Waals surface area contributed by atoms with Crippen LogP contribution in [0.25, 0.3) is 0 Å². The summed E-state index contributed by atoms with van der Waals surface area (Å²) in [5.41, 5.74) is -95.6. The molecule has 0 aromatic heterocycles. The van der Waals surface area contributed by atoms with Crippen molar-refractivity contribution in [3.63, 3.8) is 0 Å². The molecule has 10 aliphatic carbocycles. The van der Waals surface area contributed by atoms with E-state index >= 15 is 0 Å². The number of halogens is 30. The second kappa shape index (κ2) is 29.8. The van der Waals surface area contributed by atoms with Gasteiger partial charge in [0.1, 0.15) is 57.5 Å². The Morgan fingerprint density at radius 2 is 0.209 bits per heavy atom. The number of benzene rings is 5. The van der Waals surface area contributed by atoms with Crippen LogP contribution in [0.5, 0.6) is 57.5 Å². The molecule has 70 heteroatoms. The fraction of sp³-hybridized carbons (Fsp3) is 0.333. The fourth-order valence-corrected chi connectivity index (χ4v) is 12.9. The van der Waals surface area contributed by atoms with Gasteiger partial charge in [0, 0.05) is 87.7 Å². The van der Waals surface area contributed by atoms with E-state index < -0.39 is 362 Å². The Hall–Kier alpha value is -8.50. The molecule has 0 spiro atoms. The summed E-state index contributed by atoms with van der Waals surface area (Å²) in [7, 11) is -79.0. The first-order valence-electron chi connectivity index (χ1n) is 26.6. The summed E-state index contributed by atoms with van der Waals surface area (Å²) >= 11 is 0. The highest BCUT2D eigenvalue weighted by Crippen LogP contribution is 2.49. The van der Waals surface area contributed by atoms with Crippen LogP contribution in [0.2, 0.25) is 0 Å². The third kappa shape index (κ3) is 21.1. The van der Waals surface area contributed by atoms with Crippen molar-refractivity contribution in [2.75, 3.05) is 0 Å². The number of rotatable bonds is 20. The highest BCUT2D eigenvalue weighted by atomic mass is 32.3. The molecule has 0 saturated carbocycles. The zero-order valence-corrected chi connectivity index (χ0v) is 60.1. The van der Waals surface area contributed by atoms with E-state index in [-0.39, 0.29) is 0 Å². The summed E-state index contributed by atoms with van der Waals surface area (Å²) in [6.45, 7) is 0. The van der Waals surface area contributed by atoms with E-state index in [0.29, 0.717) is 0 Å². The lowest BCUT2D eigenvalue weighted by atomic mass is 9.94. The maximum atomic E-state index is 14.3. The van der Waals surface area contributed by atoms with Crippen LogP contribution in [0, 0.1) is 0 Å². The molecule has 0 amide bonds. The first-order valence-corrected chi connectivity index (χ1v) is 40.6. The first-order chi connectivity index (χ1) is 50.7. The Bertz CT molecular complexity index is 4740. The summed E-state index contributed by atoms with van der Waals surface area (Å²) < 4.78 is 724. The van der Waals surface area contributed by atoms with Gasteiger partial charge in [-0.2, -0.15) is 216 Å². The molecule has 15 rings (SSSR count). The molecule has 30 nitrogen and oxygen atoms in total. The van der Waals surface area contributed by atoms with Crippen LogP contribution in [-0.4, -0.2) is 139 Å². The standard InChI is InChI=1S/C45H20F30O30S10/c46-36(47,48)106(76,77)96-26-8-18-2-20-10-32(102-112(88,89)42(64,65)66)22(12-30(20)100-110(84,85)40(58,59)60)4-24-14-35(105-115(94,95)45(73,74)75)25(15-34(24)104-114(92,93)44(70,71)72)5-23-13-31(101-111(86,87)41(61,62)63)21(11-33(23)103-113(90,91)43(67,68)69)3-19-9-27(97-107(78,79)37(49,50)51)17(7-29(19)99-109(82,83)39(55,56)57)1-16(26)6-28(18)98-108(80,81)38(52,53)54/h6-15H,1-5H2. The maximum absolute atomic E-state index is 14.3. The van der Waals surface area contributed by atoms with Gasteiger partial charge in [0.15, 0.2) is 0 Å². The van der Waals surface area contributed by atoms with Crippen molar-refractivity contribution < 1.29 is 258 Å². The molecule has 0 aliphatic heterocycles. The summed E-state index contributed by atoms with van der Waals surface area (Å²) in [6.07, 6.45) is -13.9. The second-order valence-electron chi connectivity index (χ2n) is 21.1. The van der Waals surface area contributed by atoms with Crippen molar-refractivity contribution in [3.8, 4) is 57.5 Å². The van der Waals surface area contributed by atoms with E-state index in [1.54, 1.807) is 0 Å². The van der Waals surface area contributed by atoms with Crippen LogP contribution >= 0.6 is 0 Å². The van der Waals surface area contributed by atoms with Crippen LogP contribution in [-0.2, 0) is 133 Å². The van der Waals surface area contributed by atoms with Crippen molar-refractivity contribution in [2.24, 2.45) is 0 Å². The lowest BCUT2D eigenvalue weighted by Crippen LogP contribution is -2.30. The van der Waals surface area contributed by atoms with Gasteiger partial charge in [-0.1, -0.05) is 0 Å². The number of hydrogen-bond acceptors (Lipinski definition) is 30. The van der Waals surface area contributed by atoms with Gasteiger partial charge in [-0.15, -0.1) is 0 Å². The largest absolute Gasteiger partial charge is 0.534 e. The Labute approximate surface area is 617 Å². The van der Waals surface area contributed by atoms with Crippen LogP contribution in [0.1, 0.15) is 55.6 Å². The van der Waals surface area contributed by atoms with Gasteiger partial charge < -0.3 is 41.8 Å². The first kappa shape index (κ1) is 95.3. The maximum Gasteiger partial charge on any atom is 0.534 e. The normalized spacial score (nSPS) is 15.0. The van der Waals surface area contributed by atoms with Crippen molar-refractivity contribution >= 4 is 101 Å². The van der Waals surface area contributed by atoms with Gasteiger partial charge in [-0.3, -0.25) is 0 Å². The molecule has 10 aliphatic rings. The van der Waals surface area contributed by atoms with Gasteiger partial charge >= 0.3 is 156 Å². The number of alkyl halides is 30. The molecule has 0 saturated heterocycles. The molecular formula is C45H20F30O30S10. The topological polar surface area (TPSA) is 434 Å². The van der Waals surface area contributed by atoms with Crippen molar-refractivity contribution in [1.29, 1.82) is 0 Å². The van der Waals surface area contributed by atoms with Gasteiger partial charge in [0.2, 0.25) is 0 Å². The average molecular weight is 1930 g/mol. The molecule has 0 radical (unpaired) electrons. The molecule has 0 unspecified atom stereocenters. The Kier molecular flexibility index (Phi) is 24.7. The minimum absolute atomic E-state index is 0.973.